The van der Waals surface area contributed by atoms with Gasteiger partial charge >= 0.3 is 5.97 Å². The van der Waals surface area contributed by atoms with Crippen LogP contribution in [0.3, 0.4) is 0 Å². The fourth-order valence-corrected chi connectivity index (χ4v) is 10.7. The van der Waals surface area contributed by atoms with Crippen molar-refractivity contribution < 1.29 is 34.1 Å². The largest absolute Gasteiger partial charge is 0.448 e. The molecule has 4 bridgehead atoms. The van der Waals surface area contributed by atoms with Crippen molar-refractivity contribution in [1.82, 2.24) is 4.90 Å². The molecule has 0 radical (unpaired) electrons. The van der Waals surface area contributed by atoms with E-state index < -0.39 is 33.6 Å². The molecule has 4 aliphatic carbocycles. The molecule has 5 aliphatic rings. The van der Waals surface area contributed by atoms with Crippen LogP contribution in [0.1, 0.15) is 130 Å². The normalized spacial score (nSPS) is 33.0. The molecule has 278 valence electrons. The predicted octanol–water partition coefficient (Wildman–Crippen LogP) is 7.31. The summed E-state index contributed by atoms with van der Waals surface area (Å²) in [5.74, 6) is -0.757. The highest BCUT2D eigenvalue weighted by Crippen LogP contribution is 2.66. The van der Waals surface area contributed by atoms with Gasteiger partial charge in [-0.3, -0.25) is 14.4 Å². The topological polar surface area (TPSA) is 113 Å². The van der Waals surface area contributed by atoms with E-state index in [1.54, 1.807) is 12.0 Å². The fraction of sp³-hybridized carbons (Fsp3) is 0.643. The number of aliphatic hydroxyl groups excluding tert-OH is 1. The number of benzene rings is 1. The van der Waals surface area contributed by atoms with E-state index in [9.17, 15) is 24.6 Å². The second kappa shape index (κ2) is 13.9. The molecule has 1 aliphatic heterocycles. The Kier molecular flexibility index (Phi) is 10.3. The number of carbonyl (C=O) groups is 3. The first-order chi connectivity index (χ1) is 24.0. The Bertz CT molecular complexity index is 1710. The van der Waals surface area contributed by atoms with Crippen LogP contribution in [0.4, 0.5) is 0 Å². The molecule has 8 nitrogen and oxygen atoms in total. The minimum absolute atomic E-state index is 0.0369. The second-order valence-electron chi connectivity index (χ2n) is 16.9. The van der Waals surface area contributed by atoms with E-state index in [1.807, 2.05) is 52.0 Å². The maximum absolute atomic E-state index is 14.9. The molecule has 2 heterocycles. The molecule has 1 saturated heterocycles. The van der Waals surface area contributed by atoms with Crippen LogP contribution in [0.5, 0.6) is 0 Å². The van der Waals surface area contributed by atoms with E-state index in [0.29, 0.717) is 81.4 Å². The number of rotatable bonds is 9. The van der Waals surface area contributed by atoms with Crippen LogP contribution >= 0.6 is 11.3 Å². The first-order valence-corrected chi connectivity index (χ1v) is 19.7. The van der Waals surface area contributed by atoms with Crippen LogP contribution in [-0.2, 0) is 25.5 Å². The Hall–Kier alpha value is -2.85. The van der Waals surface area contributed by atoms with Crippen molar-refractivity contribution in [3.05, 3.63) is 68.4 Å². The highest BCUT2D eigenvalue weighted by molar-refractivity contribution is 7.14. The third-order valence-electron chi connectivity index (χ3n) is 13.8. The molecule has 2 aromatic rings. The Balaban J connectivity index is 1.42. The number of esters is 1. The van der Waals surface area contributed by atoms with Crippen LogP contribution in [0, 0.1) is 23.2 Å². The predicted molar refractivity (Wildman–Crippen MR) is 199 cm³/mol. The number of ether oxygens (including phenoxy) is 2. The number of hydrogen-bond acceptors (Lipinski definition) is 8. The summed E-state index contributed by atoms with van der Waals surface area (Å²) in [5, 5.41) is 24.1. The number of ketones is 1. The molecule has 1 amide bonds. The number of thiophene rings is 1. The van der Waals surface area contributed by atoms with Gasteiger partial charge in [-0.25, -0.2) is 0 Å². The second-order valence-corrected chi connectivity index (χ2v) is 18.2. The lowest BCUT2D eigenvalue weighted by Gasteiger charge is -2.47. The third kappa shape index (κ3) is 6.24. The van der Waals surface area contributed by atoms with Crippen molar-refractivity contribution in [3.8, 4) is 0 Å². The van der Waals surface area contributed by atoms with Gasteiger partial charge in [0.15, 0.2) is 5.60 Å². The Labute approximate surface area is 307 Å². The fourth-order valence-electron chi connectivity index (χ4n) is 9.83. The van der Waals surface area contributed by atoms with Gasteiger partial charge in [0.05, 0.1) is 28.5 Å². The van der Waals surface area contributed by atoms with Gasteiger partial charge in [-0.2, -0.15) is 0 Å². The minimum atomic E-state index is -1.29. The number of amides is 1. The molecular formula is C42H57NO7S. The van der Waals surface area contributed by atoms with Gasteiger partial charge in [0.1, 0.15) is 0 Å². The summed E-state index contributed by atoms with van der Waals surface area (Å²) in [6.07, 6.45) is 7.63. The molecule has 7 rings (SSSR count). The van der Waals surface area contributed by atoms with E-state index in [2.05, 4.69) is 26.0 Å². The molecule has 0 unspecified atom stereocenters. The van der Waals surface area contributed by atoms with Crippen LogP contribution in [0.2, 0.25) is 0 Å². The molecule has 6 atom stereocenters. The zero-order valence-electron chi connectivity index (χ0n) is 31.6. The molecule has 1 aromatic heterocycles. The smallest absolute Gasteiger partial charge is 0.313 e. The van der Waals surface area contributed by atoms with Gasteiger partial charge in [0.25, 0.3) is 5.91 Å². The van der Waals surface area contributed by atoms with Crippen molar-refractivity contribution in [1.29, 1.82) is 0 Å². The van der Waals surface area contributed by atoms with Crippen LogP contribution in [0.15, 0.2) is 42.0 Å². The minimum Gasteiger partial charge on any atom is -0.448 e. The van der Waals surface area contributed by atoms with Crippen LogP contribution in [0.25, 0.3) is 0 Å². The lowest BCUT2D eigenvalue weighted by molar-refractivity contribution is -0.177. The Morgan fingerprint density at radius 1 is 1.04 bits per heavy atom. The number of aryl methyl sites for hydroxylation is 1. The zero-order valence-corrected chi connectivity index (χ0v) is 32.4. The van der Waals surface area contributed by atoms with Crippen LogP contribution < -0.4 is 0 Å². The molecule has 2 N–H and O–H groups in total. The lowest BCUT2D eigenvalue weighted by Crippen LogP contribution is -2.60. The number of hydrogen-bond donors (Lipinski definition) is 2. The van der Waals surface area contributed by atoms with Gasteiger partial charge in [-0.15, -0.1) is 11.3 Å². The van der Waals surface area contributed by atoms with E-state index in [-0.39, 0.29) is 30.1 Å². The summed E-state index contributed by atoms with van der Waals surface area (Å²) < 4.78 is 11.5. The first kappa shape index (κ1) is 37.9. The molecule has 51 heavy (non-hydrogen) atoms. The molecule has 1 aromatic carbocycles. The zero-order chi connectivity index (χ0) is 37.0. The maximum Gasteiger partial charge on any atom is 0.313 e. The monoisotopic (exact) mass is 719 g/mol. The van der Waals surface area contributed by atoms with Gasteiger partial charge < -0.3 is 24.6 Å². The van der Waals surface area contributed by atoms with Crippen molar-refractivity contribution in [2.45, 2.75) is 129 Å². The molecule has 9 heteroatoms. The summed E-state index contributed by atoms with van der Waals surface area (Å²) >= 11 is 1.48. The van der Waals surface area contributed by atoms with Crippen molar-refractivity contribution >= 4 is 29.0 Å². The Morgan fingerprint density at radius 2 is 1.80 bits per heavy atom. The summed E-state index contributed by atoms with van der Waals surface area (Å²) in [6.45, 7) is 13.0. The number of methoxy groups -OCH3 is 1. The molecule has 3 fully saturated rings. The molecule has 0 spiro atoms. The summed E-state index contributed by atoms with van der Waals surface area (Å²) in [5.41, 5.74) is -1.09. The van der Waals surface area contributed by atoms with Gasteiger partial charge in [0.2, 0.25) is 5.78 Å². The maximum atomic E-state index is 14.9. The average Bonchev–Trinajstić information content (AvgIpc) is 3.73. The SMILES string of the molecule is COCCCN(C[C@]1(O)CC[C@H]2c3ccc(cc3C(=O)c3ccc(C)s3)C[C@@H](O)CCC(C)=CCC[C@@]21C)C(=O)[C@@]12CC[C@@](C)(C(=O)O1)C2(C)C. The first-order valence-electron chi connectivity index (χ1n) is 18.8. The van der Waals surface area contributed by atoms with Crippen molar-refractivity contribution in [2.24, 2.45) is 16.2 Å². The van der Waals surface area contributed by atoms with Crippen molar-refractivity contribution in [3.63, 3.8) is 0 Å². The third-order valence-corrected chi connectivity index (χ3v) is 14.8. The highest BCUT2D eigenvalue weighted by atomic mass is 32.1. The highest BCUT2D eigenvalue weighted by Gasteiger charge is 2.76. The summed E-state index contributed by atoms with van der Waals surface area (Å²) in [6, 6.07) is 9.91. The molecular weight excluding hydrogens is 663 g/mol. The van der Waals surface area contributed by atoms with Crippen molar-refractivity contribution in [2.75, 3.05) is 26.8 Å². The molecule has 2 saturated carbocycles. The van der Waals surface area contributed by atoms with E-state index >= 15 is 0 Å². The van der Waals surface area contributed by atoms with Gasteiger partial charge in [-0.1, -0.05) is 44.6 Å². The van der Waals surface area contributed by atoms with Gasteiger partial charge in [-0.05, 0) is 120 Å². The van der Waals surface area contributed by atoms with Crippen LogP contribution in [-0.4, -0.2) is 76.9 Å². The van der Waals surface area contributed by atoms with E-state index in [0.717, 1.165) is 22.4 Å². The Morgan fingerprint density at radius 3 is 2.45 bits per heavy atom. The van der Waals surface area contributed by atoms with E-state index in [4.69, 9.17) is 9.47 Å². The summed E-state index contributed by atoms with van der Waals surface area (Å²) in [7, 11) is 1.64. The van der Waals surface area contributed by atoms with E-state index in [1.165, 1.54) is 16.9 Å². The lowest BCUT2D eigenvalue weighted by atomic mass is 9.64. The standard InChI is InChI=1S/C42H57NO7S/c1-27-10-8-18-39(5)33(31-15-13-29(24-30(44)14-11-27)25-32(31)35(45)34-16-12-28(2)51-34)17-19-41(39,48)26-43(22-9-23-49-7)36(46)42-21-20-40(6,37(47)50-42)38(42,3)4/h10,12-13,15-16,25,30,33,44,48H,8-9,11,14,17-24,26H2,1-7H3/t30-,33-,39-,40-,41+,42+/m0/s1. The number of carbonyl (C=O) groups excluding carboxylic acids is 3. The summed E-state index contributed by atoms with van der Waals surface area (Å²) in [4.78, 5) is 45.9. The number of nitrogens with zero attached hydrogens (tertiary/aromatic N) is 1. The quantitative estimate of drug-likeness (QED) is 0.121. The average molecular weight is 720 g/mol. The number of fused-ring (bicyclic) bond motifs is 10. The number of allylic oxidation sites excluding steroid dienone is 2. The number of aliphatic hydroxyl groups is 2. The van der Waals surface area contributed by atoms with Gasteiger partial charge in [0, 0.05) is 41.5 Å².